The predicted octanol–water partition coefficient (Wildman–Crippen LogP) is 3.96. The van der Waals surface area contributed by atoms with E-state index >= 15 is 0 Å². The van der Waals surface area contributed by atoms with Crippen LogP contribution >= 0.6 is 11.6 Å². The third-order valence-electron chi connectivity index (χ3n) is 2.45. The lowest BCUT2D eigenvalue weighted by Crippen LogP contribution is -2.27. The van der Waals surface area contributed by atoms with E-state index in [4.69, 9.17) is 16.3 Å². The minimum Gasteiger partial charge on any atom is -0.363 e. The molecule has 0 radical (unpaired) electrons. The van der Waals surface area contributed by atoms with Gasteiger partial charge in [-0.25, -0.2) is 0 Å². The first-order valence-electron chi connectivity index (χ1n) is 6.07. The fourth-order valence-corrected chi connectivity index (χ4v) is 1.68. The van der Waals surface area contributed by atoms with Gasteiger partial charge in [-0.1, -0.05) is 30.7 Å². The van der Waals surface area contributed by atoms with Gasteiger partial charge in [0.2, 0.25) is 0 Å². The Bertz CT molecular complexity index is 367. The summed E-state index contributed by atoms with van der Waals surface area (Å²) in [6, 6.07) is 6.63. The lowest BCUT2D eigenvalue weighted by Gasteiger charge is -2.20. The van der Waals surface area contributed by atoms with Crippen molar-refractivity contribution in [3.63, 3.8) is 0 Å². The number of hydrogen-bond acceptors (Lipinski definition) is 2. The Morgan fingerprint density at radius 3 is 2.42 bits per heavy atom. The quantitative estimate of drug-likeness (QED) is 0.769. The molecule has 1 atom stereocenters. The molecule has 108 valence electrons. The molecule has 0 aliphatic carbocycles. The van der Waals surface area contributed by atoms with Gasteiger partial charge in [-0.15, -0.1) is 0 Å². The molecule has 0 aliphatic rings. The Morgan fingerprint density at radius 2 is 1.89 bits per heavy atom. The van der Waals surface area contributed by atoms with E-state index in [1.165, 1.54) is 0 Å². The summed E-state index contributed by atoms with van der Waals surface area (Å²) >= 11 is 5.76. The molecule has 1 unspecified atom stereocenters. The van der Waals surface area contributed by atoms with Crippen LogP contribution in [-0.4, -0.2) is 25.9 Å². The fraction of sp³-hybridized carbons (Fsp3) is 0.538. The van der Waals surface area contributed by atoms with Gasteiger partial charge in [0.1, 0.15) is 6.61 Å². The van der Waals surface area contributed by atoms with E-state index in [0.717, 1.165) is 13.0 Å². The molecule has 0 saturated carbocycles. The van der Waals surface area contributed by atoms with Crippen molar-refractivity contribution in [3.05, 3.63) is 34.9 Å². The van der Waals surface area contributed by atoms with Crippen molar-refractivity contribution in [2.75, 3.05) is 19.7 Å². The number of halogens is 4. The maximum absolute atomic E-state index is 12.2. The standard InChI is InChI=1S/C13H17ClF3NO/c1-2-7-18-8-12(19-9-13(15,16)17)10-3-5-11(14)6-4-10/h3-6,12,18H,2,7-9H2,1H3. The van der Waals surface area contributed by atoms with Crippen LogP contribution in [0.5, 0.6) is 0 Å². The summed E-state index contributed by atoms with van der Waals surface area (Å²) in [6.45, 7) is 1.81. The first kappa shape index (κ1) is 16.3. The average Bonchev–Trinajstić information content (AvgIpc) is 2.34. The highest BCUT2D eigenvalue weighted by atomic mass is 35.5. The van der Waals surface area contributed by atoms with Gasteiger partial charge in [0.25, 0.3) is 0 Å². The molecule has 0 heterocycles. The number of benzene rings is 1. The molecule has 0 bridgehead atoms. The monoisotopic (exact) mass is 295 g/mol. The maximum Gasteiger partial charge on any atom is 0.411 e. The summed E-state index contributed by atoms with van der Waals surface area (Å²) in [4.78, 5) is 0. The van der Waals surface area contributed by atoms with Crippen LogP contribution in [0.25, 0.3) is 0 Å². The van der Waals surface area contributed by atoms with Crippen LogP contribution in [0, 0.1) is 0 Å². The van der Waals surface area contributed by atoms with Crippen LogP contribution in [0.3, 0.4) is 0 Å². The Balaban J connectivity index is 2.65. The van der Waals surface area contributed by atoms with Crippen molar-refractivity contribution < 1.29 is 17.9 Å². The van der Waals surface area contributed by atoms with Crippen LogP contribution in [0.2, 0.25) is 5.02 Å². The highest BCUT2D eigenvalue weighted by Crippen LogP contribution is 2.23. The second-order valence-electron chi connectivity index (χ2n) is 4.17. The molecule has 0 spiro atoms. The Morgan fingerprint density at radius 1 is 1.26 bits per heavy atom. The van der Waals surface area contributed by atoms with Gasteiger partial charge in [-0.05, 0) is 30.7 Å². The van der Waals surface area contributed by atoms with Crippen molar-refractivity contribution in [1.82, 2.24) is 5.32 Å². The smallest absolute Gasteiger partial charge is 0.363 e. The van der Waals surface area contributed by atoms with Crippen LogP contribution in [0.1, 0.15) is 25.0 Å². The molecule has 0 saturated heterocycles. The average molecular weight is 296 g/mol. The normalized spacial score (nSPS) is 13.5. The summed E-state index contributed by atoms with van der Waals surface area (Å²) < 4.78 is 41.6. The SMILES string of the molecule is CCCNCC(OCC(F)(F)F)c1ccc(Cl)cc1. The number of hydrogen-bond donors (Lipinski definition) is 1. The van der Waals surface area contributed by atoms with Gasteiger partial charge in [0.15, 0.2) is 0 Å². The molecule has 0 amide bonds. The van der Waals surface area contributed by atoms with E-state index in [9.17, 15) is 13.2 Å². The zero-order chi connectivity index (χ0) is 14.3. The molecule has 1 rings (SSSR count). The summed E-state index contributed by atoms with van der Waals surface area (Å²) in [5.74, 6) is 0. The molecule has 0 fully saturated rings. The second-order valence-corrected chi connectivity index (χ2v) is 4.61. The predicted molar refractivity (Wildman–Crippen MR) is 69.4 cm³/mol. The molecular weight excluding hydrogens is 279 g/mol. The van der Waals surface area contributed by atoms with Crippen LogP contribution in [0.15, 0.2) is 24.3 Å². The Hall–Kier alpha value is -0.780. The summed E-state index contributed by atoms with van der Waals surface area (Å²) in [6.07, 6.45) is -4.05. The maximum atomic E-state index is 12.2. The van der Waals surface area contributed by atoms with E-state index < -0.39 is 18.9 Å². The third-order valence-corrected chi connectivity index (χ3v) is 2.70. The molecule has 19 heavy (non-hydrogen) atoms. The van der Waals surface area contributed by atoms with Crippen molar-refractivity contribution in [2.45, 2.75) is 25.6 Å². The minimum absolute atomic E-state index is 0.339. The van der Waals surface area contributed by atoms with E-state index in [1.54, 1.807) is 24.3 Å². The molecule has 0 aromatic heterocycles. The molecule has 6 heteroatoms. The number of ether oxygens (including phenoxy) is 1. The van der Waals surface area contributed by atoms with Crippen molar-refractivity contribution >= 4 is 11.6 Å². The topological polar surface area (TPSA) is 21.3 Å². The lowest BCUT2D eigenvalue weighted by molar-refractivity contribution is -0.185. The first-order chi connectivity index (χ1) is 8.92. The van der Waals surface area contributed by atoms with Crippen molar-refractivity contribution in [1.29, 1.82) is 0 Å². The highest BCUT2D eigenvalue weighted by Gasteiger charge is 2.29. The van der Waals surface area contributed by atoms with E-state index in [-0.39, 0.29) is 0 Å². The number of alkyl halides is 3. The van der Waals surface area contributed by atoms with Gasteiger partial charge in [0.05, 0.1) is 6.10 Å². The summed E-state index contributed by atoms with van der Waals surface area (Å²) in [5.41, 5.74) is 0.678. The Kier molecular flexibility index (Phi) is 6.62. The van der Waals surface area contributed by atoms with Crippen molar-refractivity contribution in [2.24, 2.45) is 0 Å². The van der Waals surface area contributed by atoms with Crippen LogP contribution in [-0.2, 0) is 4.74 Å². The zero-order valence-corrected chi connectivity index (χ0v) is 11.4. The van der Waals surface area contributed by atoms with E-state index in [1.807, 2.05) is 6.92 Å². The van der Waals surface area contributed by atoms with E-state index in [2.05, 4.69) is 5.32 Å². The Labute approximate surface area is 115 Å². The van der Waals surface area contributed by atoms with Crippen LogP contribution < -0.4 is 5.32 Å². The molecule has 1 aromatic rings. The third kappa shape index (κ3) is 6.80. The second kappa shape index (κ2) is 7.72. The van der Waals surface area contributed by atoms with Gasteiger partial charge < -0.3 is 10.1 Å². The fourth-order valence-electron chi connectivity index (χ4n) is 1.56. The van der Waals surface area contributed by atoms with E-state index in [0.29, 0.717) is 17.1 Å². The van der Waals surface area contributed by atoms with Gasteiger partial charge in [-0.2, -0.15) is 13.2 Å². The van der Waals surface area contributed by atoms with Gasteiger partial charge in [0, 0.05) is 11.6 Å². The molecular formula is C13H17ClF3NO. The molecule has 2 nitrogen and oxygen atoms in total. The summed E-state index contributed by atoms with van der Waals surface area (Å²) in [7, 11) is 0. The molecule has 1 N–H and O–H groups in total. The zero-order valence-electron chi connectivity index (χ0n) is 10.6. The first-order valence-corrected chi connectivity index (χ1v) is 6.44. The lowest BCUT2D eigenvalue weighted by atomic mass is 10.1. The largest absolute Gasteiger partial charge is 0.411 e. The highest BCUT2D eigenvalue weighted by molar-refractivity contribution is 6.30. The van der Waals surface area contributed by atoms with Gasteiger partial charge in [-0.3, -0.25) is 0 Å². The van der Waals surface area contributed by atoms with Crippen LogP contribution in [0.4, 0.5) is 13.2 Å². The number of nitrogens with one attached hydrogen (secondary N) is 1. The van der Waals surface area contributed by atoms with Crippen molar-refractivity contribution in [3.8, 4) is 0 Å². The molecule has 0 aliphatic heterocycles. The summed E-state index contributed by atoms with van der Waals surface area (Å²) in [5, 5.41) is 3.60. The number of rotatable bonds is 7. The minimum atomic E-state index is -4.32. The van der Waals surface area contributed by atoms with Gasteiger partial charge >= 0.3 is 6.18 Å². The molecule has 1 aromatic carbocycles.